The van der Waals surface area contributed by atoms with E-state index in [1.54, 1.807) is 12.1 Å². The molecule has 0 radical (unpaired) electrons. The molecule has 4 heteroatoms. The van der Waals surface area contributed by atoms with Crippen molar-refractivity contribution in [2.24, 2.45) is 0 Å². The van der Waals surface area contributed by atoms with Gasteiger partial charge < -0.3 is 15.0 Å². The van der Waals surface area contributed by atoms with Crippen LogP contribution in [0.3, 0.4) is 0 Å². The summed E-state index contributed by atoms with van der Waals surface area (Å²) in [5.74, 6) is -0.137. The quantitative estimate of drug-likeness (QED) is 0.923. The summed E-state index contributed by atoms with van der Waals surface area (Å²) < 4.78 is 19.5. The van der Waals surface area contributed by atoms with Crippen molar-refractivity contribution in [3.05, 3.63) is 29.6 Å². The van der Waals surface area contributed by atoms with Crippen LogP contribution >= 0.6 is 0 Å². The van der Waals surface area contributed by atoms with Crippen LogP contribution < -0.4 is 10.2 Å². The number of hydrogen-bond acceptors (Lipinski definition) is 3. The summed E-state index contributed by atoms with van der Waals surface area (Å²) in [5, 5.41) is 3.51. The van der Waals surface area contributed by atoms with Crippen LogP contribution in [0.5, 0.6) is 0 Å². The number of anilines is 1. The molecule has 114 valence electrons. The molecule has 2 atom stereocenters. The molecular formula is C17H23FN2O. The number of ether oxygens (including phenoxy) is 1. The highest BCUT2D eigenvalue weighted by molar-refractivity contribution is 5.55. The van der Waals surface area contributed by atoms with Crippen LogP contribution in [-0.4, -0.2) is 31.3 Å². The van der Waals surface area contributed by atoms with Gasteiger partial charge >= 0.3 is 0 Å². The molecule has 0 amide bonds. The zero-order valence-corrected chi connectivity index (χ0v) is 12.4. The Bertz CT molecular complexity index is 518. The zero-order valence-electron chi connectivity index (χ0n) is 12.4. The van der Waals surface area contributed by atoms with Crippen molar-refractivity contribution >= 4 is 5.69 Å². The monoisotopic (exact) mass is 290 g/mol. The van der Waals surface area contributed by atoms with Gasteiger partial charge in [0.05, 0.1) is 18.8 Å². The van der Waals surface area contributed by atoms with E-state index in [2.05, 4.69) is 10.2 Å². The van der Waals surface area contributed by atoms with E-state index in [-0.39, 0.29) is 5.82 Å². The van der Waals surface area contributed by atoms with Crippen molar-refractivity contribution in [3.8, 4) is 0 Å². The number of morpholine rings is 1. The second-order valence-corrected chi connectivity index (χ2v) is 6.53. The lowest BCUT2D eigenvalue weighted by Crippen LogP contribution is -2.49. The molecule has 1 aromatic rings. The first-order valence-electron chi connectivity index (χ1n) is 8.21. The molecule has 1 aliphatic heterocycles. The lowest BCUT2D eigenvalue weighted by molar-refractivity contribution is 0.0255. The predicted octanol–water partition coefficient (Wildman–Crippen LogP) is 2.84. The molecular weight excluding hydrogens is 267 g/mol. The fourth-order valence-corrected chi connectivity index (χ4v) is 3.74. The smallest absolute Gasteiger partial charge is 0.123 e. The average Bonchev–Trinajstić information content (AvgIpc) is 3.20. The van der Waals surface area contributed by atoms with E-state index < -0.39 is 0 Å². The van der Waals surface area contributed by atoms with E-state index in [0.717, 1.165) is 31.7 Å². The molecule has 2 unspecified atom stereocenters. The largest absolute Gasteiger partial charge is 0.374 e. The minimum absolute atomic E-state index is 0.137. The van der Waals surface area contributed by atoms with Crippen LogP contribution in [0.1, 0.15) is 37.7 Å². The predicted molar refractivity (Wildman–Crippen MR) is 81.0 cm³/mol. The normalized spacial score (nSPS) is 28.7. The van der Waals surface area contributed by atoms with Gasteiger partial charge in [0, 0.05) is 24.8 Å². The number of benzene rings is 1. The first-order valence-corrected chi connectivity index (χ1v) is 8.21. The zero-order chi connectivity index (χ0) is 14.2. The maximum Gasteiger partial charge on any atom is 0.123 e. The minimum Gasteiger partial charge on any atom is -0.374 e. The summed E-state index contributed by atoms with van der Waals surface area (Å²) in [6.07, 6.45) is 6.48. The van der Waals surface area contributed by atoms with Crippen LogP contribution in [0, 0.1) is 5.82 Å². The number of nitrogens with zero attached hydrogens (tertiary/aromatic N) is 1. The van der Waals surface area contributed by atoms with Crippen molar-refractivity contribution in [3.63, 3.8) is 0 Å². The van der Waals surface area contributed by atoms with E-state index in [4.69, 9.17) is 4.74 Å². The number of hydrogen-bond donors (Lipinski definition) is 1. The fourth-order valence-electron chi connectivity index (χ4n) is 3.74. The van der Waals surface area contributed by atoms with E-state index >= 15 is 0 Å². The summed E-state index contributed by atoms with van der Waals surface area (Å²) >= 11 is 0. The third kappa shape index (κ3) is 2.79. The van der Waals surface area contributed by atoms with Gasteiger partial charge in [0.1, 0.15) is 5.82 Å². The van der Waals surface area contributed by atoms with Crippen molar-refractivity contribution in [2.75, 3.05) is 18.1 Å². The molecule has 2 aliphatic carbocycles. The molecule has 4 rings (SSSR count). The molecule has 1 saturated heterocycles. The van der Waals surface area contributed by atoms with Crippen LogP contribution in [-0.2, 0) is 11.3 Å². The molecule has 2 saturated carbocycles. The Morgan fingerprint density at radius 2 is 2.14 bits per heavy atom. The number of nitrogens with one attached hydrogen (secondary N) is 1. The van der Waals surface area contributed by atoms with E-state index in [1.165, 1.54) is 31.4 Å². The van der Waals surface area contributed by atoms with Crippen LogP contribution in [0.15, 0.2) is 18.2 Å². The van der Waals surface area contributed by atoms with Crippen molar-refractivity contribution < 1.29 is 9.13 Å². The molecule has 3 fully saturated rings. The fraction of sp³-hybridized carbons (Fsp3) is 0.647. The third-order valence-corrected chi connectivity index (χ3v) is 4.99. The summed E-state index contributed by atoms with van der Waals surface area (Å²) in [6, 6.07) is 6.37. The first kappa shape index (κ1) is 13.5. The molecule has 0 spiro atoms. The van der Waals surface area contributed by atoms with E-state index in [1.807, 2.05) is 6.07 Å². The topological polar surface area (TPSA) is 24.5 Å². The summed E-state index contributed by atoms with van der Waals surface area (Å²) in [7, 11) is 0. The van der Waals surface area contributed by atoms with Crippen LogP contribution in [0.2, 0.25) is 0 Å². The standard InChI is InChI=1S/C17H23FN2O/c18-13-4-7-15(12(10-13)11-19-14-5-6-14)20-8-9-21-17-3-1-2-16(17)20/h4,7,10,14,16-17,19H,1-3,5-6,8-9,11H2. The Balaban J connectivity index is 1.59. The SMILES string of the molecule is Fc1ccc(N2CCOC3CCCC32)c(CNC2CC2)c1. The van der Waals surface area contributed by atoms with Gasteiger partial charge in [-0.3, -0.25) is 0 Å². The molecule has 21 heavy (non-hydrogen) atoms. The maximum absolute atomic E-state index is 13.7. The van der Waals surface area contributed by atoms with Gasteiger partial charge in [0.15, 0.2) is 0 Å². The molecule has 1 heterocycles. The molecule has 0 aromatic heterocycles. The number of halogens is 1. The van der Waals surface area contributed by atoms with Gasteiger partial charge in [0.25, 0.3) is 0 Å². The molecule has 1 N–H and O–H groups in total. The maximum atomic E-state index is 13.7. The van der Waals surface area contributed by atoms with E-state index in [9.17, 15) is 4.39 Å². The number of rotatable bonds is 4. The molecule has 3 aliphatic rings. The Hall–Kier alpha value is -1.13. The van der Waals surface area contributed by atoms with Gasteiger partial charge in [-0.25, -0.2) is 4.39 Å². The third-order valence-electron chi connectivity index (χ3n) is 4.99. The average molecular weight is 290 g/mol. The highest BCUT2D eigenvalue weighted by atomic mass is 19.1. The van der Waals surface area contributed by atoms with Gasteiger partial charge in [-0.05, 0) is 55.9 Å². The summed E-state index contributed by atoms with van der Waals surface area (Å²) in [6.45, 7) is 2.48. The highest BCUT2D eigenvalue weighted by Crippen LogP contribution is 2.35. The highest BCUT2D eigenvalue weighted by Gasteiger charge is 2.36. The Morgan fingerprint density at radius 1 is 1.24 bits per heavy atom. The summed E-state index contributed by atoms with van der Waals surface area (Å²) in [4.78, 5) is 2.46. The molecule has 3 nitrogen and oxygen atoms in total. The number of fused-ring (bicyclic) bond motifs is 1. The van der Waals surface area contributed by atoms with Crippen molar-refractivity contribution in [1.82, 2.24) is 5.32 Å². The summed E-state index contributed by atoms with van der Waals surface area (Å²) in [5.41, 5.74) is 2.29. The second-order valence-electron chi connectivity index (χ2n) is 6.53. The van der Waals surface area contributed by atoms with Crippen molar-refractivity contribution in [1.29, 1.82) is 0 Å². The van der Waals surface area contributed by atoms with Crippen LogP contribution in [0.25, 0.3) is 0 Å². The lowest BCUT2D eigenvalue weighted by atomic mass is 10.1. The van der Waals surface area contributed by atoms with Gasteiger partial charge in [-0.15, -0.1) is 0 Å². The minimum atomic E-state index is -0.137. The van der Waals surface area contributed by atoms with Crippen molar-refractivity contribution in [2.45, 2.75) is 56.8 Å². The Kier molecular flexibility index (Phi) is 3.59. The first-order chi connectivity index (χ1) is 10.3. The lowest BCUT2D eigenvalue weighted by Gasteiger charge is -2.40. The Morgan fingerprint density at radius 3 is 3.00 bits per heavy atom. The molecule has 1 aromatic carbocycles. The Labute approximate surface area is 125 Å². The second kappa shape index (κ2) is 5.58. The van der Waals surface area contributed by atoms with Gasteiger partial charge in [-0.2, -0.15) is 0 Å². The van der Waals surface area contributed by atoms with Gasteiger partial charge in [0.2, 0.25) is 0 Å². The van der Waals surface area contributed by atoms with Gasteiger partial charge in [-0.1, -0.05) is 0 Å². The van der Waals surface area contributed by atoms with E-state index in [0.29, 0.717) is 18.2 Å². The van der Waals surface area contributed by atoms with Crippen LogP contribution in [0.4, 0.5) is 10.1 Å². The molecule has 0 bridgehead atoms.